The Morgan fingerprint density at radius 3 is 2.21 bits per heavy atom. The third-order valence-corrected chi connectivity index (χ3v) is 4.73. The van der Waals surface area contributed by atoms with Crippen LogP contribution in [0.1, 0.15) is 30.9 Å². The SMILES string of the molecule is C=CCC[C@@](C)(OCc1ccccc1)[C@@H](COCc1ccccc1)OCC(=O)O. The van der Waals surface area contributed by atoms with Gasteiger partial charge < -0.3 is 19.3 Å². The van der Waals surface area contributed by atoms with Crippen molar-refractivity contribution in [2.24, 2.45) is 0 Å². The molecule has 2 rings (SSSR count). The van der Waals surface area contributed by atoms with E-state index in [2.05, 4.69) is 6.58 Å². The molecule has 5 nitrogen and oxygen atoms in total. The van der Waals surface area contributed by atoms with Gasteiger partial charge in [-0.15, -0.1) is 6.58 Å². The van der Waals surface area contributed by atoms with Crippen LogP contribution < -0.4 is 0 Å². The van der Waals surface area contributed by atoms with Crippen molar-refractivity contribution in [1.82, 2.24) is 0 Å². The van der Waals surface area contributed by atoms with Crippen molar-refractivity contribution < 1.29 is 24.1 Å². The third kappa shape index (κ3) is 8.20. The fourth-order valence-corrected chi connectivity index (χ4v) is 2.97. The summed E-state index contributed by atoms with van der Waals surface area (Å²) in [7, 11) is 0. The largest absolute Gasteiger partial charge is 0.480 e. The number of carboxylic acid groups (broad SMARTS) is 1. The van der Waals surface area contributed by atoms with Gasteiger partial charge in [0.1, 0.15) is 12.7 Å². The van der Waals surface area contributed by atoms with E-state index in [4.69, 9.17) is 19.3 Å². The molecule has 0 aromatic heterocycles. The Labute approximate surface area is 172 Å². The average Bonchev–Trinajstić information content (AvgIpc) is 2.74. The second-order valence-electron chi connectivity index (χ2n) is 7.11. The zero-order valence-corrected chi connectivity index (χ0v) is 17.0. The van der Waals surface area contributed by atoms with Gasteiger partial charge in [-0.1, -0.05) is 66.7 Å². The van der Waals surface area contributed by atoms with Crippen molar-refractivity contribution in [2.45, 2.75) is 44.7 Å². The van der Waals surface area contributed by atoms with E-state index in [0.29, 0.717) is 19.6 Å². The summed E-state index contributed by atoms with van der Waals surface area (Å²) in [5.74, 6) is -1.02. The van der Waals surface area contributed by atoms with Gasteiger partial charge >= 0.3 is 5.97 Å². The molecule has 2 aromatic carbocycles. The van der Waals surface area contributed by atoms with Crippen LogP contribution in [0.2, 0.25) is 0 Å². The van der Waals surface area contributed by atoms with E-state index in [1.807, 2.05) is 73.7 Å². The van der Waals surface area contributed by atoms with Crippen LogP contribution in [0, 0.1) is 0 Å². The molecule has 0 amide bonds. The van der Waals surface area contributed by atoms with Crippen LogP contribution in [-0.4, -0.2) is 36.0 Å². The lowest BCUT2D eigenvalue weighted by Crippen LogP contribution is -2.47. The molecule has 0 fully saturated rings. The molecule has 0 bridgehead atoms. The van der Waals surface area contributed by atoms with Gasteiger partial charge in [0.05, 0.1) is 25.4 Å². The molecular weight excluding hydrogens is 368 g/mol. The summed E-state index contributed by atoms with van der Waals surface area (Å²) in [5.41, 5.74) is 1.36. The zero-order valence-electron chi connectivity index (χ0n) is 17.0. The molecule has 29 heavy (non-hydrogen) atoms. The lowest BCUT2D eigenvalue weighted by molar-refractivity contribution is -0.178. The first-order chi connectivity index (χ1) is 14.0. The number of benzene rings is 2. The first kappa shape index (κ1) is 22.8. The van der Waals surface area contributed by atoms with Crippen LogP contribution in [0.5, 0.6) is 0 Å². The normalized spacial score (nSPS) is 14.1. The molecule has 0 saturated heterocycles. The van der Waals surface area contributed by atoms with Crippen LogP contribution in [0.4, 0.5) is 0 Å². The average molecular weight is 398 g/mol. The number of hydrogen-bond acceptors (Lipinski definition) is 4. The maximum absolute atomic E-state index is 11.1. The predicted molar refractivity (Wildman–Crippen MR) is 113 cm³/mol. The number of hydrogen-bond donors (Lipinski definition) is 1. The minimum absolute atomic E-state index is 0.227. The Balaban J connectivity index is 2.08. The number of carboxylic acids is 1. The van der Waals surface area contributed by atoms with E-state index in [0.717, 1.165) is 17.5 Å². The van der Waals surface area contributed by atoms with E-state index in [1.165, 1.54) is 0 Å². The molecule has 5 heteroatoms. The molecule has 0 aliphatic rings. The number of ether oxygens (including phenoxy) is 3. The maximum Gasteiger partial charge on any atom is 0.329 e. The lowest BCUT2D eigenvalue weighted by atomic mass is 9.92. The molecule has 0 aliphatic heterocycles. The number of rotatable bonds is 14. The second-order valence-corrected chi connectivity index (χ2v) is 7.11. The van der Waals surface area contributed by atoms with Gasteiger partial charge in [0, 0.05) is 0 Å². The Morgan fingerprint density at radius 2 is 1.66 bits per heavy atom. The van der Waals surface area contributed by atoms with Crippen LogP contribution >= 0.6 is 0 Å². The van der Waals surface area contributed by atoms with Gasteiger partial charge in [-0.3, -0.25) is 0 Å². The zero-order chi connectivity index (χ0) is 21.0. The van der Waals surface area contributed by atoms with Crippen LogP contribution in [-0.2, 0) is 32.2 Å². The maximum atomic E-state index is 11.1. The molecule has 0 spiro atoms. The summed E-state index contributed by atoms with van der Waals surface area (Å²) < 4.78 is 17.8. The van der Waals surface area contributed by atoms with Crippen molar-refractivity contribution in [3.63, 3.8) is 0 Å². The van der Waals surface area contributed by atoms with Crippen molar-refractivity contribution in [1.29, 1.82) is 0 Å². The monoisotopic (exact) mass is 398 g/mol. The van der Waals surface area contributed by atoms with Gasteiger partial charge in [-0.2, -0.15) is 0 Å². The first-order valence-electron chi connectivity index (χ1n) is 9.77. The Morgan fingerprint density at radius 1 is 1.07 bits per heavy atom. The topological polar surface area (TPSA) is 65.0 Å². The fraction of sp³-hybridized carbons (Fsp3) is 0.375. The van der Waals surface area contributed by atoms with Crippen LogP contribution in [0.3, 0.4) is 0 Å². The molecule has 0 unspecified atom stereocenters. The van der Waals surface area contributed by atoms with Crippen molar-refractivity contribution in [3.8, 4) is 0 Å². The molecule has 2 atom stereocenters. The molecule has 0 heterocycles. The van der Waals surface area contributed by atoms with Gasteiger partial charge in [0.25, 0.3) is 0 Å². The van der Waals surface area contributed by atoms with E-state index < -0.39 is 24.3 Å². The molecule has 0 aliphatic carbocycles. The highest BCUT2D eigenvalue weighted by molar-refractivity contribution is 5.68. The summed E-state index contributed by atoms with van der Waals surface area (Å²) in [6, 6.07) is 19.7. The van der Waals surface area contributed by atoms with Crippen molar-refractivity contribution in [2.75, 3.05) is 13.2 Å². The first-order valence-corrected chi connectivity index (χ1v) is 9.77. The predicted octanol–water partition coefficient (Wildman–Crippen LogP) is 4.61. The summed E-state index contributed by atoms with van der Waals surface area (Å²) >= 11 is 0. The number of allylic oxidation sites excluding steroid dienone is 1. The van der Waals surface area contributed by atoms with Crippen molar-refractivity contribution in [3.05, 3.63) is 84.4 Å². The van der Waals surface area contributed by atoms with E-state index in [1.54, 1.807) is 0 Å². The number of carbonyl (C=O) groups is 1. The lowest BCUT2D eigenvalue weighted by Gasteiger charge is -2.37. The quantitative estimate of drug-likeness (QED) is 0.471. The number of aliphatic carboxylic acids is 1. The smallest absolute Gasteiger partial charge is 0.329 e. The summed E-state index contributed by atoms with van der Waals surface area (Å²) in [5, 5.41) is 9.09. The minimum atomic E-state index is -1.02. The highest BCUT2D eigenvalue weighted by atomic mass is 16.6. The molecule has 2 aromatic rings. The third-order valence-electron chi connectivity index (χ3n) is 4.73. The van der Waals surface area contributed by atoms with E-state index >= 15 is 0 Å². The van der Waals surface area contributed by atoms with Gasteiger partial charge in [-0.25, -0.2) is 4.79 Å². The van der Waals surface area contributed by atoms with E-state index in [9.17, 15) is 4.79 Å². The standard InChI is InChI=1S/C24H30O5/c1-3-4-15-24(2,29-17-21-13-9-6-10-14-21)22(28-19-23(25)26)18-27-16-20-11-7-5-8-12-20/h3,5-14,22H,1,4,15-19H2,2H3,(H,25,26)/t22-,24-/m1/s1. The molecule has 0 saturated carbocycles. The highest BCUT2D eigenvalue weighted by Crippen LogP contribution is 2.27. The molecule has 1 N–H and O–H groups in total. The molecule has 0 radical (unpaired) electrons. The summed E-state index contributed by atoms with van der Waals surface area (Å²) in [4.78, 5) is 11.1. The van der Waals surface area contributed by atoms with Gasteiger partial charge in [0.15, 0.2) is 0 Å². The summed E-state index contributed by atoms with van der Waals surface area (Å²) in [6.45, 7) is 6.38. The van der Waals surface area contributed by atoms with E-state index in [-0.39, 0.29) is 6.61 Å². The fourth-order valence-electron chi connectivity index (χ4n) is 2.97. The Hall–Kier alpha value is -2.47. The van der Waals surface area contributed by atoms with Gasteiger partial charge in [-0.05, 0) is 30.9 Å². The van der Waals surface area contributed by atoms with Crippen LogP contribution in [0.25, 0.3) is 0 Å². The second kappa shape index (κ2) is 12.2. The molecular formula is C24H30O5. The highest BCUT2D eigenvalue weighted by Gasteiger charge is 2.36. The molecule has 156 valence electrons. The van der Waals surface area contributed by atoms with Crippen molar-refractivity contribution >= 4 is 5.97 Å². The Bertz CT molecular complexity index is 731. The minimum Gasteiger partial charge on any atom is -0.480 e. The van der Waals surface area contributed by atoms with Gasteiger partial charge in [0.2, 0.25) is 0 Å². The van der Waals surface area contributed by atoms with Crippen LogP contribution in [0.15, 0.2) is 73.3 Å². The Kier molecular flexibility index (Phi) is 9.57. The summed E-state index contributed by atoms with van der Waals surface area (Å²) in [6.07, 6.45) is 2.65.